The Morgan fingerprint density at radius 3 is 2.81 bits per heavy atom. The highest BCUT2D eigenvalue weighted by Gasteiger charge is 2.20. The molecule has 0 fully saturated rings. The largest absolute Gasteiger partial charge is 0.394 e. The normalized spacial score (nSPS) is 10.3. The Balaban J connectivity index is 0.00000126. The van der Waals surface area contributed by atoms with E-state index in [2.05, 4.69) is 15.8 Å². The van der Waals surface area contributed by atoms with Gasteiger partial charge in [0.1, 0.15) is 15.6 Å². The van der Waals surface area contributed by atoms with Crippen LogP contribution in [-0.2, 0) is 4.84 Å². The van der Waals surface area contributed by atoms with Crippen LogP contribution in [0.3, 0.4) is 0 Å². The lowest BCUT2D eigenvalue weighted by Crippen LogP contribution is -2.25. The van der Waals surface area contributed by atoms with Gasteiger partial charge in [-0.05, 0) is 36.8 Å². The van der Waals surface area contributed by atoms with Gasteiger partial charge in [0.15, 0.2) is 0 Å². The van der Waals surface area contributed by atoms with Gasteiger partial charge in [0.05, 0.1) is 24.5 Å². The summed E-state index contributed by atoms with van der Waals surface area (Å²) in [6.07, 6.45) is 1.62. The van der Waals surface area contributed by atoms with Crippen LogP contribution < -0.4 is 10.8 Å². The minimum Gasteiger partial charge on any atom is -0.394 e. The number of fused-ring (bicyclic) bond motifs is 1. The molecule has 0 saturated carbocycles. The van der Waals surface area contributed by atoms with E-state index in [0.29, 0.717) is 20.8 Å². The predicted molar refractivity (Wildman–Crippen MR) is 106 cm³/mol. The summed E-state index contributed by atoms with van der Waals surface area (Å²) < 4.78 is 14.1. The lowest BCUT2D eigenvalue weighted by molar-refractivity contribution is 0.0170. The number of aryl methyl sites for hydroxylation is 1. The third kappa shape index (κ3) is 5.00. The van der Waals surface area contributed by atoms with Crippen LogP contribution in [0.25, 0.3) is 10.2 Å². The van der Waals surface area contributed by atoms with Crippen LogP contribution in [0.15, 0.2) is 36.5 Å². The van der Waals surface area contributed by atoms with Crippen molar-refractivity contribution in [3.8, 4) is 0 Å². The van der Waals surface area contributed by atoms with Crippen molar-refractivity contribution >= 4 is 38.1 Å². The maximum absolute atomic E-state index is 14.1. The number of benzene rings is 1. The van der Waals surface area contributed by atoms with E-state index in [1.165, 1.54) is 17.4 Å². The third-order valence-electron chi connectivity index (χ3n) is 3.42. The van der Waals surface area contributed by atoms with E-state index < -0.39 is 11.7 Å². The average molecular weight is 391 g/mol. The Hall–Kier alpha value is -2.55. The predicted octanol–water partition coefficient (Wildman–Crippen LogP) is 4.17. The van der Waals surface area contributed by atoms with Crippen molar-refractivity contribution in [2.24, 2.45) is 0 Å². The second-order valence-corrected chi connectivity index (χ2v) is 6.27. The highest BCUT2D eigenvalue weighted by Crippen LogP contribution is 2.36. The minimum atomic E-state index is -0.497. The smallest absolute Gasteiger partial charge is 0.278 e. The number of thiophene rings is 1. The maximum Gasteiger partial charge on any atom is 0.278 e. The molecule has 0 aliphatic carbocycles. The molecular weight excluding hydrogens is 369 g/mol. The molecule has 0 spiro atoms. The fourth-order valence-electron chi connectivity index (χ4n) is 2.30. The zero-order valence-corrected chi connectivity index (χ0v) is 16.2. The van der Waals surface area contributed by atoms with E-state index in [0.717, 1.165) is 5.56 Å². The van der Waals surface area contributed by atoms with Gasteiger partial charge in [-0.1, -0.05) is 31.3 Å². The van der Waals surface area contributed by atoms with Crippen LogP contribution in [0.1, 0.15) is 29.8 Å². The van der Waals surface area contributed by atoms with E-state index >= 15 is 0 Å². The lowest BCUT2D eigenvalue weighted by atomic mass is 10.2. The molecular formula is C19H22FN3O3S. The highest BCUT2D eigenvalue weighted by molar-refractivity contribution is 7.23. The van der Waals surface area contributed by atoms with Crippen LogP contribution in [-0.4, -0.2) is 29.2 Å². The Bertz CT molecular complexity index is 914. The first-order valence-corrected chi connectivity index (χ1v) is 9.35. The van der Waals surface area contributed by atoms with Gasteiger partial charge in [-0.15, -0.1) is 0 Å². The molecule has 27 heavy (non-hydrogen) atoms. The molecule has 0 atom stereocenters. The second-order valence-electron chi connectivity index (χ2n) is 5.27. The summed E-state index contributed by atoms with van der Waals surface area (Å²) in [5.41, 5.74) is 3.65. The summed E-state index contributed by atoms with van der Waals surface area (Å²) in [6, 6.07) is 8.29. The van der Waals surface area contributed by atoms with Crippen molar-refractivity contribution in [2.45, 2.75) is 20.8 Å². The topological polar surface area (TPSA) is 83.5 Å². The molecule has 0 aliphatic rings. The number of carbonyl (C=O) groups is 1. The molecule has 3 N–H and O–H groups in total. The monoisotopic (exact) mass is 391 g/mol. The number of aromatic nitrogens is 1. The molecule has 3 rings (SSSR count). The van der Waals surface area contributed by atoms with E-state index in [9.17, 15) is 9.18 Å². The summed E-state index contributed by atoms with van der Waals surface area (Å²) in [7, 11) is 0. The van der Waals surface area contributed by atoms with Gasteiger partial charge in [0, 0.05) is 11.6 Å². The van der Waals surface area contributed by atoms with Gasteiger partial charge in [-0.2, -0.15) is 0 Å². The first-order valence-electron chi connectivity index (χ1n) is 8.54. The van der Waals surface area contributed by atoms with Gasteiger partial charge in [-0.25, -0.2) is 14.9 Å². The third-order valence-corrected chi connectivity index (χ3v) is 4.45. The van der Waals surface area contributed by atoms with Crippen LogP contribution in [0.2, 0.25) is 0 Å². The number of anilines is 2. The first-order chi connectivity index (χ1) is 13.1. The van der Waals surface area contributed by atoms with E-state index in [-0.39, 0.29) is 18.9 Å². The van der Waals surface area contributed by atoms with Gasteiger partial charge in [-0.3, -0.25) is 9.63 Å². The van der Waals surface area contributed by atoms with Gasteiger partial charge < -0.3 is 10.4 Å². The molecule has 1 aromatic carbocycles. The van der Waals surface area contributed by atoms with E-state index in [1.54, 1.807) is 37.4 Å². The molecule has 0 unspecified atom stereocenters. The molecule has 3 aromatic rings. The average Bonchev–Trinajstić information content (AvgIpc) is 3.04. The number of hydrogen-bond donors (Lipinski definition) is 3. The van der Waals surface area contributed by atoms with E-state index in [4.69, 9.17) is 9.94 Å². The summed E-state index contributed by atoms with van der Waals surface area (Å²) in [4.78, 5) is 22.3. The number of aliphatic hydroxyl groups is 1. The molecule has 1 amide bonds. The Labute approximate surface area is 161 Å². The fourth-order valence-corrected chi connectivity index (χ4v) is 3.36. The Kier molecular flexibility index (Phi) is 7.66. The number of nitrogens with one attached hydrogen (secondary N) is 2. The number of nitrogens with zero attached hydrogens (tertiary/aromatic N) is 1. The minimum absolute atomic E-state index is 0.0264. The van der Waals surface area contributed by atoms with E-state index in [1.807, 2.05) is 13.8 Å². The number of carbonyl (C=O) groups excluding carboxylic acids is 1. The van der Waals surface area contributed by atoms with Crippen LogP contribution in [0.4, 0.5) is 15.1 Å². The zero-order chi connectivity index (χ0) is 19.8. The van der Waals surface area contributed by atoms with Crippen molar-refractivity contribution < 1.29 is 19.1 Å². The molecule has 0 radical (unpaired) electrons. The Morgan fingerprint density at radius 1 is 1.33 bits per heavy atom. The molecule has 8 heteroatoms. The highest BCUT2D eigenvalue weighted by atomic mass is 32.1. The summed E-state index contributed by atoms with van der Waals surface area (Å²) in [5.74, 6) is -0.906. The van der Waals surface area contributed by atoms with Crippen LogP contribution in [0.5, 0.6) is 0 Å². The molecule has 144 valence electrons. The number of pyridine rings is 1. The zero-order valence-electron chi connectivity index (χ0n) is 15.4. The van der Waals surface area contributed by atoms with Crippen LogP contribution >= 0.6 is 11.3 Å². The van der Waals surface area contributed by atoms with Crippen molar-refractivity contribution in [1.82, 2.24) is 10.5 Å². The first kappa shape index (κ1) is 20.8. The molecule has 6 nitrogen and oxygen atoms in total. The lowest BCUT2D eigenvalue weighted by Gasteiger charge is -2.09. The fraction of sp³-hybridized carbons (Fsp3) is 0.263. The summed E-state index contributed by atoms with van der Waals surface area (Å²) in [6.45, 7) is 5.56. The number of hydroxylamine groups is 1. The number of halogens is 1. The molecule has 0 bridgehead atoms. The van der Waals surface area contributed by atoms with Crippen molar-refractivity contribution in [2.75, 3.05) is 18.5 Å². The van der Waals surface area contributed by atoms with Gasteiger partial charge >= 0.3 is 0 Å². The number of aliphatic hydroxyl groups excluding tert-OH is 1. The standard InChI is InChI=1S/C17H16FN3O3S.C2H6/c1-10-4-5-13(12(18)9-10)20-17-14(15(23)21-24-8-7-22)11-3-2-6-19-16(11)25-17;1-2/h2-6,9,20,22H,7-8H2,1H3,(H,21,23);1-2H3. The number of hydrogen-bond acceptors (Lipinski definition) is 6. The SMILES string of the molecule is CC.Cc1ccc(Nc2sc3ncccc3c2C(=O)NOCCO)c(F)c1. The van der Waals surface area contributed by atoms with Gasteiger partial charge in [0.25, 0.3) is 5.91 Å². The molecule has 2 aromatic heterocycles. The second kappa shape index (κ2) is 9.96. The molecule has 0 saturated heterocycles. The molecule has 2 heterocycles. The molecule has 0 aliphatic heterocycles. The van der Waals surface area contributed by atoms with Crippen molar-refractivity contribution in [3.05, 3.63) is 53.5 Å². The Morgan fingerprint density at radius 2 is 2.11 bits per heavy atom. The quantitative estimate of drug-likeness (QED) is 0.434. The number of rotatable bonds is 6. The van der Waals surface area contributed by atoms with Gasteiger partial charge in [0.2, 0.25) is 0 Å². The summed E-state index contributed by atoms with van der Waals surface area (Å²) in [5, 5.41) is 12.8. The number of amides is 1. The summed E-state index contributed by atoms with van der Waals surface area (Å²) >= 11 is 1.24. The van der Waals surface area contributed by atoms with Crippen molar-refractivity contribution in [3.63, 3.8) is 0 Å². The van der Waals surface area contributed by atoms with Crippen molar-refractivity contribution in [1.29, 1.82) is 0 Å². The van der Waals surface area contributed by atoms with Crippen LogP contribution in [0, 0.1) is 12.7 Å². The maximum atomic E-state index is 14.1.